The van der Waals surface area contributed by atoms with Gasteiger partial charge in [-0.15, -0.1) is 24.8 Å². The van der Waals surface area contributed by atoms with Crippen LogP contribution in [0.4, 0.5) is 0 Å². The Bertz CT molecular complexity index is 633. The maximum Gasteiger partial charge on any atom is 0.0948 e. The van der Waals surface area contributed by atoms with Gasteiger partial charge in [0, 0.05) is 24.4 Å². The summed E-state index contributed by atoms with van der Waals surface area (Å²) in [6.45, 7) is 0.652. The second kappa shape index (κ2) is 10.1. The van der Waals surface area contributed by atoms with E-state index in [1.807, 2.05) is 18.7 Å². The second-order valence-corrected chi connectivity index (χ2v) is 5.45. The normalized spacial score (nSPS) is 11.4. The molecule has 0 saturated carbocycles. The topological polar surface area (TPSA) is 43.8 Å². The minimum Gasteiger partial charge on any atom is -0.333 e. The van der Waals surface area contributed by atoms with Crippen LogP contribution >= 0.6 is 24.8 Å². The smallest absolute Gasteiger partial charge is 0.0948 e. The van der Waals surface area contributed by atoms with Crippen molar-refractivity contribution in [1.29, 1.82) is 0 Å². The molecule has 0 fully saturated rings. The van der Waals surface area contributed by atoms with E-state index in [-0.39, 0.29) is 36.8 Å². The molecule has 24 heavy (non-hydrogen) atoms. The summed E-state index contributed by atoms with van der Waals surface area (Å²) in [5.74, 6) is 0.264. The molecule has 0 aliphatic carbocycles. The Hall–Kier alpha value is -1.81. The fraction of sp³-hybridized carbons (Fsp3) is 0.211. The standard InChI is InChI=1S/C19H21N3.2ClH/c20-12-11-18(22-14-13-21-15-22)19(16-7-3-1-4-8-16)17-9-5-2-6-10-17;;/h1-10,13-15,18-19H,11-12,20H2;2*1H. The molecule has 0 aliphatic rings. The van der Waals surface area contributed by atoms with Crippen LogP contribution in [0.1, 0.15) is 29.5 Å². The lowest BCUT2D eigenvalue weighted by Gasteiger charge is -2.29. The Morgan fingerprint density at radius 2 is 1.42 bits per heavy atom. The van der Waals surface area contributed by atoms with E-state index in [1.165, 1.54) is 11.1 Å². The Labute approximate surface area is 155 Å². The lowest BCUT2D eigenvalue weighted by atomic mass is 9.83. The first kappa shape index (κ1) is 20.2. The van der Waals surface area contributed by atoms with Gasteiger partial charge in [-0.1, -0.05) is 60.7 Å². The highest BCUT2D eigenvalue weighted by molar-refractivity contribution is 5.85. The summed E-state index contributed by atoms with van der Waals surface area (Å²) in [5.41, 5.74) is 8.51. The number of nitrogens with zero attached hydrogens (tertiary/aromatic N) is 2. The van der Waals surface area contributed by atoms with E-state index in [0.717, 1.165) is 6.42 Å². The Morgan fingerprint density at radius 1 is 0.875 bits per heavy atom. The van der Waals surface area contributed by atoms with Crippen LogP contribution in [-0.4, -0.2) is 16.1 Å². The fourth-order valence-corrected chi connectivity index (χ4v) is 3.08. The highest BCUT2D eigenvalue weighted by Crippen LogP contribution is 2.36. The number of imidazole rings is 1. The Kier molecular flexibility index (Phi) is 8.55. The number of benzene rings is 2. The highest BCUT2D eigenvalue weighted by Gasteiger charge is 2.25. The SMILES string of the molecule is Cl.Cl.NCCC(C(c1ccccc1)c1ccccc1)n1ccnc1. The summed E-state index contributed by atoms with van der Waals surface area (Å²) >= 11 is 0. The van der Waals surface area contributed by atoms with Crippen molar-refractivity contribution in [2.75, 3.05) is 6.54 Å². The molecule has 0 aliphatic heterocycles. The third kappa shape index (κ3) is 4.60. The van der Waals surface area contributed by atoms with Gasteiger partial charge < -0.3 is 10.3 Å². The number of nitrogens with two attached hydrogens (primary N) is 1. The largest absolute Gasteiger partial charge is 0.333 e. The van der Waals surface area contributed by atoms with E-state index >= 15 is 0 Å². The molecule has 1 aromatic heterocycles. The van der Waals surface area contributed by atoms with Crippen molar-refractivity contribution in [3.63, 3.8) is 0 Å². The predicted molar refractivity (Wildman–Crippen MR) is 104 cm³/mol. The molecule has 0 spiro atoms. The molecule has 1 unspecified atom stereocenters. The lowest BCUT2D eigenvalue weighted by Crippen LogP contribution is -2.21. The summed E-state index contributed by atoms with van der Waals surface area (Å²) in [7, 11) is 0. The first-order valence-corrected chi connectivity index (χ1v) is 7.67. The summed E-state index contributed by atoms with van der Waals surface area (Å²) in [6.07, 6.45) is 6.65. The monoisotopic (exact) mass is 363 g/mol. The Morgan fingerprint density at radius 3 is 1.83 bits per heavy atom. The fourth-order valence-electron chi connectivity index (χ4n) is 3.08. The molecule has 0 amide bonds. The van der Waals surface area contributed by atoms with Crippen LogP contribution in [0.5, 0.6) is 0 Å². The van der Waals surface area contributed by atoms with Crippen LogP contribution in [0, 0.1) is 0 Å². The van der Waals surface area contributed by atoms with Crippen molar-refractivity contribution < 1.29 is 0 Å². The average Bonchev–Trinajstić information content (AvgIpc) is 3.11. The summed E-state index contributed by atoms with van der Waals surface area (Å²) < 4.78 is 2.18. The molecule has 128 valence electrons. The Balaban J connectivity index is 0.00000144. The first-order chi connectivity index (χ1) is 10.9. The van der Waals surface area contributed by atoms with E-state index in [4.69, 9.17) is 5.73 Å². The van der Waals surface area contributed by atoms with Crippen molar-refractivity contribution in [2.24, 2.45) is 5.73 Å². The maximum absolute atomic E-state index is 5.90. The second-order valence-electron chi connectivity index (χ2n) is 5.45. The van der Waals surface area contributed by atoms with Gasteiger partial charge >= 0.3 is 0 Å². The molecule has 5 heteroatoms. The molecule has 3 rings (SSSR count). The van der Waals surface area contributed by atoms with Crippen molar-refractivity contribution in [1.82, 2.24) is 9.55 Å². The molecular weight excluding hydrogens is 341 g/mol. The van der Waals surface area contributed by atoms with Gasteiger partial charge in [-0.2, -0.15) is 0 Å². The number of rotatable bonds is 6. The zero-order chi connectivity index (χ0) is 15.2. The third-order valence-corrected chi connectivity index (χ3v) is 4.07. The van der Waals surface area contributed by atoms with E-state index in [0.29, 0.717) is 6.54 Å². The number of aromatic nitrogens is 2. The molecule has 2 aromatic carbocycles. The van der Waals surface area contributed by atoms with Gasteiger partial charge in [0.05, 0.1) is 6.33 Å². The molecular formula is C19H23Cl2N3. The molecule has 0 radical (unpaired) electrons. The van der Waals surface area contributed by atoms with E-state index in [1.54, 1.807) is 0 Å². The van der Waals surface area contributed by atoms with Gasteiger partial charge in [0.25, 0.3) is 0 Å². The van der Waals surface area contributed by atoms with Gasteiger partial charge in [0.15, 0.2) is 0 Å². The average molecular weight is 364 g/mol. The van der Waals surface area contributed by atoms with Gasteiger partial charge in [-0.25, -0.2) is 4.98 Å². The molecule has 3 aromatic rings. The molecule has 1 atom stereocenters. The zero-order valence-corrected chi connectivity index (χ0v) is 15.0. The summed E-state index contributed by atoms with van der Waals surface area (Å²) in [4.78, 5) is 4.22. The van der Waals surface area contributed by atoms with Crippen LogP contribution in [0.3, 0.4) is 0 Å². The van der Waals surface area contributed by atoms with Crippen molar-refractivity contribution in [2.45, 2.75) is 18.4 Å². The van der Waals surface area contributed by atoms with Crippen LogP contribution in [0.2, 0.25) is 0 Å². The van der Waals surface area contributed by atoms with Crippen LogP contribution < -0.4 is 5.73 Å². The van der Waals surface area contributed by atoms with Crippen molar-refractivity contribution >= 4 is 24.8 Å². The van der Waals surface area contributed by atoms with Crippen molar-refractivity contribution in [3.8, 4) is 0 Å². The predicted octanol–water partition coefficient (Wildman–Crippen LogP) is 4.45. The van der Waals surface area contributed by atoms with E-state index in [2.05, 4.69) is 70.2 Å². The van der Waals surface area contributed by atoms with Gasteiger partial charge in [0.1, 0.15) is 0 Å². The van der Waals surface area contributed by atoms with Crippen LogP contribution in [-0.2, 0) is 0 Å². The number of halogens is 2. The van der Waals surface area contributed by atoms with Gasteiger partial charge in [-0.3, -0.25) is 0 Å². The summed E-state index contributed by atoms with van der Waals surface area (Å²) in [5, 5.41) is 0. The minimum atomic E-state index is 0. The van der Waals surface area contributed by atoms with E-state index < -0.39 is 0 Å². The van der Waals surface area contributed by atoms with Gasteiger partial charge in [-0.05, 0) is 24.1 Å². The minimum absolute atomic E-state index is 0. The van der Waals surface area contributed by atoms with Crippen LogP contribution in [0.25, 0.3) is 0 Å². The third-order valence-electron chi connectivity index (χ3n) is 4.07. The quantitative estimate of drug-likeness (QED) is 0.702. The van der Waals surface area contributed by atoms with Gasteiger partial charge in [0.2, 0.25) is 0 Å². The molecule has 3 nitrogen and oxygen atoms in total. The zero-order valence-electron chi connectivity index (χ0n) is 13.4. The van der Waals surface area contributed by atoms with Crippen LogP contribution in [0.15, 0.2) is 79.4 Å². The first-order valence-electron chi connectivity index (χ1n) is 7.67. The highest BCUT2D eigenvalue weighted by atomic mass is 35.5. The molecule has 2 N–H and O–H groups in total. The molecule has 0 bridgehead atoms. The number of hydrogen-bond acceptors (Lipinski definition) is 2. The van der Waals surface area contributed by atoms with E-state index in [9.17, 15) is 0 Å². The molecule has 1 heterocycles. The number of hydrogen-bond donors (Lipinski definition) is 1. The maximum atomic E-state index is 5.90. The van der Waals surface area contributed by atoms with Crippen molar-refractivity contribution in [3.05, 3.63) is 90.5 Å². The lowest BCUT2D eigenvalue weighted by molar-refractivity contribution is 0.425. The molecule has 0 saturated heterocycles. The summed E-state index contributed by atoms with van der Waals surface area (Å²) in [6, 6.07) is 21.5.